The highest BCUT2D eigenvalue weighted by Crippen LogP contribution is 2.34. The maximum absolute atomic E-state index is 13.5. The molecule has 0 aliphatic heterocycles. The largest absolute Gasteiger partial charge is 0.419 e. The average molecular weight is 365 g/mol. The molecule has 1 aromatic carbocycles. The maximum Gasteiger partial charge on any atom is 0.419 e. The molecule has 4 nitrogen and oxygen atoms in total. The fourth-order valence-corrected chi connectivity index (χ4v) is 2.49. The summed E-state index contributed by atoms with van der Waals surface area (Å²) in [6.45, 7) is 3.59. The monoisotopic (exact) mass is 365 g/mol. The number of carbonyl (C=O) groups excluding carboxylic acids is 1. The third kappa shape index (κ3) is 3.44. The van der Waals surface area contributed by atoms with Gasteiger partial charge in [0.05, 0.1) is 17.3 Å². The number of alkyl halides is 3. The fraction of sp³-hybridized carbons (Fsp3) is 0.278. The molecular weight excluding hydrogens is 350 g/mol. The van der Waals surface area contributed by atoms with Gasteiger partial charge in [0.1, 0.15) is 17.9 Å². The lowest BCUT2D eigenvalue weighted by Gasteiger charge is -2.10. The minimum atomic E-state index is -4.79. The van der Waals surface area contributed by atoms with Crippen molar-refractivity contribution in [3.05, 3.63) is 48.0 Å². The normalized spacial score (nSPS) is 12.1. The van der Waals surface area contributed by atoms with Crippen molar-refractivity contribution in [2.24, 2.45) is 5.92 Å². The number of Topliss-reactive ketones (excluding diaryl/α,β-unsaturated/α-hetero) is 1. The van der Waals surface area contributed by atoms with E-state index in [1.54, 1.807) is 19.9 Å². The van der Waals surface area contributed by atoms with Gasteiger partial charge in [0, 0.05) is 17.7 Å². The van der Waals surface area contributed by atoms with Gasteiger partial charge in [-0.05, 0) is 23.8 Å². The number of rotatable bonds is 4. The number of ketones is 1. The molecule has 0 aliphatic rings. The zero-order chi connectivity index (χ0) is 19.1. The summed E-state index contributed by atoms with van der Waals surface area (Å²) in [4.78, 5) is 16.1. The third-order valence-electron chi connectivity index (χ3n) is 4.05. The average Bonchev–Trinajstić information content (AvgIpc) is 2.96. The van der Waals surface area contributed by atoms with Gasteiger partial charge in [-0.3, -0.25) is 14.5 Å². The standard InChI is InChI=1S/C18H15F4N3O/c1-10(2)17(26)9-25-16-6-12(7-23-15(16)8-24-25)11-3-4-14(19)13(5-11)18(20,21)22/h3-8,10H,9H2,1-2H3. The highest BCUT2D eigenvalue weighted by Gasteiger charge is 2.34. The second kappa shape index (κ2) is 6.51. The molecule has 0 aliphatic carbocycles. The predicted molar refractivity (Wildman–Crippen MR) is 87.8 cm³/mol. The van der Waals surface area contributed by atoms with E-state index in [4.69, 9.17) is 0 Å². The molecule has 0 bridgehead atoms. The van der Waals surface area contributed by atoms with Crippen molar-refractivity contribution in [1.29, 1.82) is 0 Å². The first-order chi connectivity index (χ1) is 12.2. The van der Waals surface area contributed by atoms with Gasteiger partial charge in [0.25, 0.3) is 0 Å². The van der Waals surface area contributed by atoms with E-state index in [9.17, 15) is 22.4 Å². The summed E-state index contributed by atoms with van der Waals surface area (Å²) in [6, 6.07) is 4.38. The molecule has 0 spiro atoms. The molecule has 26 heavy (non-hydrogen) atoms. The Bertz CT molecular complexity index is 976. The van der Waals surface area contributed by atoms with Crippen molar-refractivity contribution in [1.82, 2.24) is 14.8 Å². The summed E-state index contributed by atoms with van der Waals surface area (Å²) in [5, 5.41) is 4.12. The van der Waals surface area contributed by atoms with Gasteiger partial charge in [-0.15, -0.1) is 0 Å². The number of hydrogen-bond acceptors (Lipinski definition) is 3. The van der Waals surface area contributed by atoms with E-state index in [0.717, 1.165) is 12.1 Å². The van der Waals surface area contributed by atoms with Gasteiger partial charge in [0.2, 0.25) is 0 Å². The van der Waals surface area contributed by atoms with E-state index >= 15 is 0 Å². The van der Waals surface area contributed by atoms with Crippen LogP contribution < -0.4 is 0 Å². The SMILES string of the molecule is CC(C)C(=O)Cn1ncc2ncc(-c3ccc(F)c(C(F)(F)F)c3)cc21. The molecule has 0 fully saturated rings. The topological polar surface area (TPSA) is 47.8 Å². The summed E-state index contributed by atoms with van der Waals surface area (Å²) >= 11 is 0. The first-order valence-electron chi connectivity index (χ1n) is 7.88. The third-order valence-corrected chi connectivity index (χ3v) is 4.05. The highest BCUT2D eigenvalue weighted by molar-refractivity contribution is 5.84. The molecule has 8 heteroatoms. The quantitative estimate of drug-likeness (QED) is 0.641. The molecule has 0 atom stereocenters. The Morgan fingerprint density at radius 1 is 1.15 bits per heavy atom. The van der Waals surface area contributed by atoms with E-state index in [1.807, 2.05) is 0 Å². The number of hydrogen-bond donors (Lipinski definition) is 0. The van der Waals surface area contributed by atoms with E-state index in [0.29, 0.717) is 16.6 Å². The number of halogens is 4. The Hall–Kier alpha value is -2.77. The Morgan fingerprint density at radius 2 is 1.88 bits per heavy atom. The van der Waals surface area contributed by atoms with Crippen molar-refractivity contribution in [2.45, 2.75) is 26.6 Å². The zero-order valence-electron chi connectivity index (χ0n) is 14.0. The minimum absolute atomic E-state index is 0.0263. The summed E-state index contributed by atoms with van der Waals surface area (Å²) in [5.74, 6) is -1.53. The van der Waals surface area contributed by atoms with Crippen LogP contribution in [0.2, 0.25) is 0 Å². The van der Waals surface area contributed by atoms with Crippen molar-refractivity contribution in [3.63, 3.8) is 0 Å². The lowest BCUT2D eigenvalue weighted by molar-refractivity contribution is -0.140. The smallest absolute Gasteiger partial charge is 0.297 e. The zero-order valence-corrected chi connectivity index (χ0v) is 14.0. The molecule has 0 unspecified atom stereocenters. The van der Waals surface area contributed by atoms with Gasteiger partial charge >= 0.3 is 6.18 Å². The van der Waals surface area contributed by atoms with E-state index in [1.165, 1.54) is 23.1 Å². The maximum atomic E-state index is 13.5. The lowest BCUT2D eigenvalue weighted by atomic mass is 10.0. The van der Waals surface area contributed by atoms with E-state index in [-0.39, 0.29) is 23.8 Å². The number of carbonyl (C=O) groups is 1. The lowest BCUT2D eigenvalue weighted by Crippen LogP contribution is -2.16. The van der Waals surface area contributed by atoms with Gasteiger partial charge in [-0.1, -0.05) is 19.9 Å². The number of benzene rings is 1. The molecule has 2 heterocycles. The van der Waals surface area contributed by atoms with E-state index in [2.05, 4.69) is 10.1 Å². The van der Waals surface area contributed by atoms with Crippen molar-refractivity contribution < 1.29 is 22.4 Å². The first kappa shape index (κ1) is 18.0. The molecule has 0 amide bonds. The van der Waals surface area contributed by atoms with Crippen LogP contribution in [-0.2, 0) is 17.5 Å². The number of nitrogens with zero attached hydrogens (tertiary/aromatic N) is 3. The fourth-order valence-electron chi connectivity index (χ4n) is 2.49. The first-order valence-corrected chi connectivity index (χ1v) is 7.88. The number of pyridine rings is 1. The van der Waals surface area contributed by atoms with Gasteiger partial charge in [-0.25, -0.2) is 4.39 Å². The van der Waals surface area contributed by atoms with Crippen LogP contribution in [0.1, 0.15) is 19.4 Å². The Labute approximate surface area is 146 Å². The Balaban J connectivity index is 2.05. The second-order valence-electron chi connectivity index (χ2n) is 6.24. The minimum Gasteiger partial charge on any atom is -0.297 e. The second-order valence-corrected chi connectivity index (χ2v) is 6.24. The molecule has 0 N–H and O–H groups in total. The van der Waals surface area contributed by atoms with Crippen LogP contribution >= 0.6 is 0 Å². The van der Waals surface area contributed by atoms with Crippen LogP contribution in [0.3, 0.4) is 0 Å². The van der Waals surface area contributed by atoms with Crippen LogP contribution in [0.15, 0.2) is 36.7 Å². The molecule has 136 valence electrons. The highest BCUT2D eigenvalue weighted by atomic mass is 19.4. The van der Waals surface area contributed by atoms with Crippen LogP contribution in [0.25, 0.3) is 22.2 Å². The van der Waals surface area contributed by atoms with Gasteiger partial charge < -0.3 is 0 Å². The summed E-state index contributed by atoms with van der Waals surface area (Å²) in [6.07, 6.45) is -1.91. The predicted octanol–water partition coefficient (Wildman–Crippen LogP) is 4.48. The molecule has 0 saturated carbocycles. The van der Waals surface area contributed by atoms with Gasteiger partial charge in [-0.2, -0.15) is 18.3 Å². The summed E-state index contributed by atoms with van der Waals surface area (Å²) in [5.41, 5.74) is 0.259. The summed E-state index contributed by atoms with van der Waals surface area (Å²) in [7, 11) is 0. The summed E-state index contributed by atoms with van der Waals surface area (Å²) < 4.78 is 53.7. The molecule has 0 radical (unpaired) electrons. The number of fused-ring (bicyclic) bond motifs is 1. The van der Waals surface area contributed by atoms with Gasteiger partial charge in [0.15, 0.2) is 5.78 Å². The molecule has 3 aromatic rings. The van der Waals surface area contributed by atoms with Crippen molar-refractivity contribution in [2.75, 3.05) is 0 Å². The molecular formula is C18H15F4N3O. The molecule has 2 aromatic heterocycles. The van der Waals surface area contributed by atoms with Crippen LogP contribution in [0.5, 0.6) is 0 Å². The van der Waals surface area contributed by atoms with E-state index < -0.39 is 17.6 Å². The Kier molecular flexibility index (Phi) is 4.52. The number of aromatic nitrogens is 3. The Morgan fingerprint density at radius 3 is 2.54 bits per heavy atom. The van der Waals surface area contributed by atoms with Crippen molar-refractivity contribution >= 4 is 16.8 Å². The van der Waals surface area contributed by atoms with Crippen molar-refractivity contribution in [3.8, 4) is 11.1 Å². The molecule has 0 saturated heterocycles. The molecule has 3 rings (SSSR count). The van der Waals surface area contributed by atoms with Crippen LogP contribution in [0.4, 0.5) is 17.6 Å². The van der Waals surface area contributed by atoms with Crippen LogP contribution in [-0.4, -0.2) is 20.5 Å². The van der Waals surface area contributed by atoms with Crippen LogP contribution in [0, 0.1) is 11.7 Å².